The highest BCUT2D eigenvalue weighted by Crippen LogP contribution is 2.27. The monoisotopic (exact) mass is 313 g/mol. The maximum absolute atomic E-state index is 5.12. The second kappa shape index (κ2) is 8.71. The fourth-order valence-corrected chi connectivity index (χ4v) is 3.02. The Bertz CT molecular complexity index is 412. The lowest BCUT2D eigenvalue weighted by molar-refractivity contribution is 0.196. The number of ether oxygens (including phenoxy) is 1. The SMILES string of the molecule is CCCc1nc(N(C)CCCOC)sc1CNC(C)(C)C. The van der Waals surface area contributed by atoms with Crippen LogP contribution in [0.25, 0.3) is 0 Å². The van der Waals surface area contributed by atoms with Gasteiger partial charge in [0.1, 0.15) is 0 Å². The Labute approximate surface area is 133 Å². The smallest absolute Gasteiger partial charge is 0.185 e. The summed E-state index contributed by atoms with van der Waals surface area (Å²) in [6, 6.07) is 0. The van der Waals surface area contributed by atoms with Crippen LogP contribution in [0.2, 0.25) is 0 Å². The molecule has 0 saturated heterocycles. The Kier molecular flexibility index (Phi) is 7.63. The van der Waals surface area contributed by atoms with Gasteiger partial charge in [-0.15, -0.1) is 11.3 Å². The third-order valence-corrected chi connectivity index (χ3v) is 4.41. The van der Waals surface area contributed by atoms with Crippen LogP contribution in [0.5, 0.6) is 0 Å². The summed E-state index contributed by atoms with van der Waals surface area (Å²) in [5, 5.41) is 4.70. The van der Waals surface area contributed by atoms with Gasteiger partial charge in [-0.1, -0.05) is 13.3 Å². The van der Waals surface area contributed by atoms with Crippen LogP contribution in [0.1, 0.15) is 51.1 Å². The van der Waals surface area contributed by atoms with Crippen LogP contribution in [0, 0.1) is 0 Å². The number of thiazole rings is 1. The molecule has 0 aromatic carbocycles. The number of aryl methyl sites for hydroxylation is 1. The quantitative estimate of drug-likeness (QED) is 0.709. The van der Waals surface area contributed by atoms with E-state index in [0.29, 0.717) is 0 Å². The molecule has 0 aliphatic rings. The van der Waals surface area contributed by atoms with Crippen LogP contribution in [0.15, 0.2) is 0 Å². The summed E-state index contributed by atoms with van der Waals surface area (Å²) in [4.78, 5) is 8.46. The summed E-state index contributed by atoms with van der Waals surface area (Å²) in [7, 11) is 3.87. The molecular weight excluding hydrogens is 282 g/mol. The van der Waals surface area contributed by atoms with E-state index in [1.165, 1.54) is 10.6 Å². The summed E-state index contributed by atoms with van der Waals surface area (Å²) < 4.78 is 5.12. The molecule has 21 heavy (non-hydrogen) atoms. The second-order valence-electron chi connectivity index (χ2n) is 6.49. The predicted octanol–water partition coefficient (Wildman–Crippen LogP) is 3.46. The van der Waals surface area contributed by atoms with Crippen molar-refractivity contribution in [3.63, 3.8) is 0 Å². The summed E-state index contributed by atoms with van der Waals surface area (Å²) in [6.45, 7) is 11.5. The van der Waals surface area contributed by atoms with Gasteiger partial charge in [0.2, 0.25) is 0 Å². The van der Waals surface area contributed by atoms with Crippen molar-refractivity contribution < 1.29 is 4.74 Å². The molecule has 0 aliphatic heterocycles. The molecule has 0 unspecified atom stereocenters. The zero-order valence-corrected chi connectivity index (χ0v) is 15.3. The number of rotatable bonds is 9. The maximum atomic E-state index is 5.12. The van der Waals surface area contributed by atoms with Crippen LogP contribution < -0.4 is 10.2 Å². The summed E-state index contributed by atoms with van der Waals surface area (Å²) in [5.74, 6) is 0. The van der Waals surface area contributed by atoms with Gasteiger partial charge in [-0.2, -0.15) is 0 Å². The Balaban J connectivity index is 2.73. The Morgan fingerprint density at radius 1 is 1.33 bits per heavy atom. The molecular formula is C16H31N3OS. The van der Waals surface area contributed by atoms with Crippen molar-refractivity contribution in [2.75, 3.05) is 32.2 Å². The molecule has 0 bridgehead atoms. The lowest BCUT2D eigenvalue weighted by Gasteiger charge is -2.20. The normalized spacial score (nSPS) is 11.9. The third kappa shape index (κ3) is 6.76. The first kappa shape index (κ1) is 18.4. The lowest BCUT2D eigenvalue weighted by Crippen LogP contribution is -2.35. The van der Waals surface area contributed by atoms with E-state index in [4.69, 9.17) is 9.72 Å². The molecule has 122 valence electrons. The average Bonchev–Trinajstić information content (AvgIpc) is 2.80. The molecule has 4 nitrogen and oxygen atoms in total. The summed E-state index contributed by atoms with van der Waals surface area (Å²) in [5.41, 5.74) is 1.39. The number of nitrogens with one attached hydrogen (secondary N) is 1. The molecule has 1 N–H and O–H groups in total. The van der Waals surface area contributed by atoms with Gasteiger partial charge in [0.05, 0.1) is 5.69 Å². The Morgan fingerprint density at radius 2 is 2.05 bits per heavy atom. The molecule has 1 rings (SSSR count). The number of anilines is 1. The third-order valence-electron chi connectivity index (χ3n) is 3.20. The summed E-state index contributed by atoms with van der Waals surface area (Å²) >= 11 is 1.82. The van der Waals surface area contributed by atoms with Crippen LogP contribution in [0.4, 0.5) is 5.13 Å². The minimum atomic E-state index is 0.137. The summed E-state index contributed by atoms with van der Waals surface area (Å²) in [6.07, 6.45) is 3.23. The molecule has 0 atom stereocenters. The maximum Gasteiger partial charge on any atom is 0.185 e. The minimum Gasteiger partial charge on any atom is -0.385 e. The zero-order chi connectivity index (χ0) is 15.9. The Morgan fingerprint density at radius 3 is 2.62 bits per heavy atom. The van der Waals surface area contributed by atoms with Gasteiger partial charge in [-0.05, 0) is 33.6 Å². The van der Waals surface area contributed by atoms with Gasteiger partial charge in [-0.3, -0.25) is 0 Å². The van der Waals surface area contributed by atoms with Gasteiger partial charge >= 0.3 is 0 Å². The predicted molar refractivity (Wildman–Crippen MR) is 92.5 cm³/mol. The highest BCUT2D eigenvalue weighted by atomic mass is 32.1. The molecule has 0 radical (unpaired) electrons. The number of hydrogen-bond donors (Lipinski definition) is 1. The Hall–Kier alpha value is -0.650. The molecule has 0 fully saturated rings. The second-order valence-corrected chi connectivity index (χ2v) is 7.55. The number of methoxy groups -OCH3 is 1. The largest absolute Gasteiger partial charge is 0.385 e. The van der Waals surface area contributed by atoms with E-state index in [-0.39, 0.29) is 5.54 Å². The van der Waals surface area contributed by atoms with Crippen LogP contribution in [-0.4, -0.2) is 37.8 Å². The van der Waals surface area contributed by atoms with Crippen molar-refractivity contribution in [1.82, 2.24) is 10.3 Å². The van der Waals surface area contributed by atoms with Crippen molar-refractivity contribution in [2.24, 2.45) is 0 Å². The fraction of sp³-hybridized carbons (Fsp3) is 0.812. The van der Waals surface area contributed by atoms with Gasteiger partial charge in [0.25, 0.3) is 0 Å². The van der Waals surface area contributed by atoms with Gasteiger partial charge in [0, 0.05) is 44.3 Å². The first-order valence-electron chi connectivity index (χ1n) is 7.81. The lowest BCUT2D eigenvalue weighted by atomic mass is 10.1. The van der Waals surface area contributed by atoms with E-state index in [1.807, 2.05) is 11.3 Å². The van der Waals surface area contributed by atoms with Crippen molar-refractivity contribution in [1.29, 1.82) is 0 Å². The van der Waals surface area contributed by atoms with Crippen molar-refractivity contribution in [3.05, 3.63) is 10.6 Å². The zero-order valence-electron chi connectivity index (χ0n) is 14.5. The van der Waals surface area contributed by atoms with Gasteiger partial charge < -0.3 is 15.0 Å². The van der Waals surface area contributed by atoms with E-state index in [9.17, 15) is 0 Å². The first-order chi connectivity index (χ1) is 9.87. The highest BCUT2D eigenvalue weighted by molar-refractivity contribution is 7.15. The average molecular weight is 314 g/mol. The van der Waals surface area contributed by atoms with Crippen molar-refractivity contribution in [2.45, 2.75) is 59.0 Å². The van der Waals surface area contributed by atoms with Crippen molar-refractivity contribution in [3.8, 4) is 0 Å². The molecule has 0 spiro atoms. The topological polar surface area (TPSA) is 37.4 Å². The number of aromatic nitrogens is 1. The van der Waals surface area contributed by atoms with Crippen molar-refractivity contribution >= 4 is 16.5 Å². The molecule has 0 amide bonds. The van der Waals surface area contributed by atoms with Crippen LogP contribution in [0.3, 0.4) is 0 Å². The molecule has 1 heterocycles. The van der Waals surface area contributed by atoms with Crippen LogP contribution >= 0.6 is 11.3 Å². The van der Waals surface area contributed by atoms with E-state index in [2.05, 4.69) is 45.0 Å². The molecule has 0 saturated carbocycles. The molecule has 1 aromatic rings. The molecule has 0 aliphatic carbocycles. The highest BCUT2D eigenvalue weighted by Gasteiger charge is 2.16. The van der Waals surface area contributed by atoms with Gasteiger partial charge in [0.15, 0.2) is 5.13 Å². The van der Waals surface area contributed by atoms with E-state index in [1.54, 1.807) is 7.11 Å². The van der Waals surface area contributed by atoms with E-state index < -0.39 is 0 Å². The molecule has 1 aromatic heterocycles. The van der Waals surface area contributed by atoms with E-state index in [0.717, 1.165) is 44.1 Å². The van der Waals surface area contributed by atoms with Crippen LogP contribution in [-0.2, 0) is 17.7 Å². The minimum absolute atomic E-state index is 0.137. The molecule has 5 heteroatoms. The van der Waals surface area contributed by atoms with Gasteiger partial charge in [-0.25, -0.2) is 4.98 Å². The van der Waals surface area contributed by atoms with E-state index >= 15 is 0 Å². The number of nitrogens with zero attached hydrogens (tertiary/aromatic N) is 2. The fourth-order valence-electron chi connectivity index (χ4n) is 1.99. The number of hydrogen-bond acceptors (Lipinski definition) is 5. The first-order valence-corrected chi connectivity index (χ1v) is 8.62. The standard InChI is InChI=1S/C16H31N3OS/c1-7-9-13-14(12-17-16(2,3)4)21-15(18-13)19(5)10-8-11-20-6/h17H,7-12H2,1-6H3.